The minimum absolute atomic E-state index is 0.178. The molecule has 0 saturated carbocycles. The molecule has 0 bridgehead atoms. The summed E-state index contributed by atoms with van der Waals surface area (Å²) in [5.74, 6) is 0.903. The van der Waals surface area contributed by atoms with Crippen molar-refractivity contribution in [3.8, 4) is 5.75 Å². The number of hydrogen-bond acceptors (Lipinski definition) is 5. The molecule has 0 spiro atoms. The van der Waals surface area contributed by atoms with Crippen LogP contribution in [0.25, 0.3) is 0 Å². The molecule has 0 atom stereocenters. The number of aromatic nitrogens is 2. The first-order valence-electron chi connectivity index (χ1n) is 7.05. The molecule has 1 fully saturated rings. The van der Waals surface area contributed by atoms with Crippen LogP contribution >= 0.6 is 11.3 Å². The molecular formula is C15H17N3O2S. The quantitative estimate of drug-likeness (QED) is 0.850. The lowest BCUT2D eigenvalue weighted by Crippen LogP contribution is -2.29. The van der Waals surface area contributed by atoms with Crippen LogP contribution in [0.4, 0.5) is 0 Å². The summed E-state index contributed by atoms with van der Waals surface area (Å²) >= 11 is 1.53. The van der Waals surface area contributed by atoms with Gasteiger partial charge in [0.05, 0.1) is 18.3 Å². The SMILES string of the molecule is O=C(Cc1csc(COc2cccnc2)n1)N1CCCC1. The van der Waals surface area contributed by atoms with Gasteiger partial charge in [-0.3, -0.25) is 9.78 Å². The van der Waals surface area contributed by atoms with E-state index in [0.717, 1.165) is 42.4 Å². The number of carbonyl (C=O) groups excluding carboxylic acids is 1. The van der Waals surface area contributed by atoms with Gasteiger partial charge in [0.1, 0.15) is 17.4 Å². The van der Waals surface area contributed by atoms with Crippen molar-refractivity contribution in [3.63, 3.8) is 0 Å². The summed E-state index contributed by atoms with van der Waals surface area (Å²) in [6.07, 6.45) is 6.01. The van der Waals surface area contributed by atoms with Gasteiger partial charge in [-0.25, -0.2) is 4.98 Å². The van der Waals surface area contributed by atoms with E-state index in [0.29, 0.717) is 13.0 Å². The van der Waals surface area contributed by atoms with Crippen LogP contribution in [0, 0.1) is 0 Å². The van der Waals surface area contributed by atoms with Gasteiger partial charge in [-0.2, -0.15) is 0 Å². The minimum Gasteiger partial charge on any atom is -0.485 e. The molecule has 3 rings (SSSR count). The highest BCUT2D eigenvalue weighted by Gasteiger charge is 2.19. The normalized spacial score (nSPS) is 14.4. The molecule has 6 heteroatoms. The second-order valence-electron chi connectivity index (χ2n) is 4.97. The predicted molar refractivity (Wildman–Crippen MR) is 80.2 cm³/mol. The zero-order chi connectivity index (χ0) is 14.5. The molecule has 0 radical (unpaired) electrons. The van der Waals surface area contributed by atoms with Crippen molar-refractivity contribution in [1.82, 2.24) is 14.9 Å². The van der Waals surface area contributed by atoms with Gasteiger partial charge in [-0.05, 0) is 25.0 Å². The van der Waals surface area contributed by atoms with E-state index in [9.17, 15) is 4.79 Å². The third-order valence-corrected chi connectivity index (χ3v) is 4.26. The van der Waals surface area contributed by atoms with Gasteiger partial charge in [-0.1, -0.05) is 0 Å². The van der Waals surface area contributed by atoms with Crippen molar-refractivity contribution in [2.24, 2.45) is 0 Å². The first kappa shape index (κ1) is 14.0. The fourth-order valence-electron chi connectivity index (χ4n) is 2.31. The summed E-state index contributed by atoms with van der Waals surface area (Å²) in [5.41, 5.74) is 0.835. The third kappa shape index (κ3) is 3.78. The third-order valence-electron chi connectivity index (χ3n) is 3.39. The molecule has 5 nitrogen and oxygen atoms in total. The lowest BCUT2D eigenvalue weighted by molar-refractivity contribution is -0.129. The van der Waals surface area contributed by atoms with Crippen molar-refractivity contribution >= 4 is 17.2 Å². The molecule has 1 aliphatic heterocycles. The van der Waals surface area contributed by atoms with E-state index in [1.165, 1.54) is 11.3 Å². The largest absolute Gasteiger partial charge is 0.485 e. The van der Waals surface area contributed by atoms with Gasteiger partial charge >= 0.3 is 0 Å². The molecular weight excluding hydrogens is 286 g/mol. The van der Waals surface area contributed by atoms with Crippen molar-refractivity contribution in [3.05, 3.63) is 40.6 Å². The number of carbonyl (C=O) groups is 1. The Morgan fingerprint density at radius 2 is 2.24 bits per heavy atom. The van der Waals surface area contributed by atoms with Crippen LogP contribution in [0.1, 0.15) is 23.5 Å². The number of likely N-dealkylation sites (tertiary alicyclic amines) is 1. The van der Waals surface area contributed by atoms with E-state index >= 15 is 0 Å². The second-order valence-corrected chi connectivity index (χ2v) is 5.92. The molecule has 1 aliphatic rings. The lowest BCUT2D eigenvalue weighted by Gasteiger charge is -2.13. The summed E-state index contributed by atoms with van der Waals surface area (Å²) in [5, 5.41) is 2.82. The van der Waals surface area contributed by atoms with Crippen LogP contribution in [0.5, 0.6) is 5.75 Å². The molecule has 2 aromatic rings. The highest BCUT2D eigenvalue weighted by atomic mass is 32.1. The standard InChI is InChI=1S/C15H17N3O2S/c19-15(18-6-1-2-7-18)8-12-11-21-14(17-12)10-20-13-4-3-5-16-9-13/h3-5,9,11H,1-2,6-8,10H2. The fraction of sp³-hybridized carbons (Fsp3) is 0.400. The molecule has 110 valence electrons. The summed E-state index contributed by atoms with van der Waals surface area (Å²) in [6.45, 7) is 2.19. The molecule has 1 saturated heterocycles. The second kappa shape index (κ2) is 6.67. The Kier molecular flexibility index (Phi) is 4.45. The summed E-state index contributed by atoms with van der Waals surface area (Å²) in [4.78, 5) is 22.4. The first-order chi connectivity index (χ1) is 10.3. The minimum atomic E-state index is 0.178. The molecule has 0 aromatic carbocycles. The molecule has 3 heterocycles. The first-order valence-corrected chi connectivity index (χ1v) is 7.93. The van der Waals surface area contributed by atoms with Crippen molar-refractivity contribution in [2.45, 2.75) is 25.9 Å². The highest BCUT2D eigenvalue weighted by Crippen LogP contribution is 2.16. The van der Waals surface area contributed by atoms with Crippen LogP contribution in [-0.4, -0.2) is 33.9 Å². The molecule has 2 aromatic heterocycles. The van der Waals surface area contributed by atoms with Gasteiger partial charge in [0.25, 0.3) is 0 Å². The van der Waals surface area contributed by atoms with Crippen LogP contribution in [0.3, 0.4) is 0 Å². The number of nitrogens with zero attached hydrogens (tertiary/aromatic N) is 3. The maximum absolute atomic E-state index is 12.1. The summed E-state index contributed by atoms with van der Waals surface area (Å²) < 4.78 is 5.60. The summed E-state index contributed by atoms with van der Waals surface area (Å²) in [6, 6.07) is 3.69. The Balaban J connectivity index is 1.52. The number of thiazole rings is 1. The summed E-state index contributed by atoms with van der Waals surface area (Å²) in [7, 11) is 0. The van der Waals surface area contributed by atoms with Gasteiger partial charge < -0.3 is 9.64 Å². The number of hydrogen-bond donors (Lipinski definition) is 0. The Morgan fingerprint density at radius 3 is 3.00 bits per heavy atom. The maximum atomic E-state index is 12.1. The van der Waals surface area contributed by atoms with E-state index in [2.05, 4.69) is 9.97 Å². The fourth-order valence-corrected chi connectivity index (χ4v) is 3.01. The van der Waals surface area contributed by atoms with Crippen LogP contribution in [0.2, 0.25) is 0 Å². The molecule has 21 heavy (non-hydrogen) atoms. The molecule has 0 aliphatic carbocycles. The topological polar surface area (TPSA) is 55.3 Å². The number of rotatable bonds is 5. The zero-order valence-corrected chi connectivity index (χ0v) is 12.5. The highest BCUT2D eigenvalue weighted by molar-refractivity contribution is 7.09. The Labute approximate surface area is 127 Å². The van der Waals surface area contributed by atoms with E-state index in [1.807, 2.05) is 22.4 Å². The maximum Gasteiger partial charge on any atom is 0.228 e. The van der Waals surface area contributed by atoms with Gasteiger partial charge in [0.2, 0.25) is 5.91 Å². The van der Waals surface area contributed by atoms with Gasteiger partial charge in [-0.15, -0.1) is 11.3 Å². The van der Waals surface area contributed by atoms with Crippen LogP contribution in [-0.2, 0) is 17.8 Å². The van der Waals surface area contributed by atoms with E-state index in [1.54, 1.807) is 12.4 Å². The number of amides is 1. The number of pyridine rings is 1. The van der Waals surface area contributed by atoms with Crippen molar-refractivity contribution < 1.29 is 9.53 Å². The van der Waals surface area contributed by atoms with E-state index in [-0.39, 0.29) is 5.91 Å². The van der Waals surface area contributed by atoms with Gasteiger partial charge in [0.15, 0.2) is 0 Å². The predicted octanol–water partition coefficient (Wildman–Crippen LogP) is 2.28. The van der Waals surface area contributed by atoms with E-state index in [4.69, 9.17) is 4.74 Å². The molecule has 1 amide bonds. The smallest absolute Gasteiger partial charge is 0.228 e. The van der Waals surface area contributed by atoms with Crippen molar-refractivity contribution in [2.75, 3.05) is 13.1 Å². The Morgan fingerprint density at radius 1 is 1.38 bits per heavy atom. The average Bonchev–Trinajstić information content (AvgIpc) is 3.18. The lowest BCUT2D eigenvalue weighted by atomic mass is 10.3. The van der Waals surface area contributed by atoms with E-state index < -0.39 is 0 Å². The number of ether oxygens (including phenoxy) is 1. The Hall–Kier alpha value is -1.95. The average molecular weight is 303 g/mol. The monoisotopic (exact) mass is 303 g/mol. The Bertz CT molecular complexity index is 594. The van der Waals surface area contributed by atoms with Crippen LogP contribution in [0.15, 0.2) is 29.9 Å². The van der Waals surface area contributed by atoms with Crippen LogP contribution < -0.4 is 4.74 Å². The van der Waals surface area contributed by atoms with Crippen molar-refractivity contribution in [1.29, 1.82) is 0 Å². The molecule has 0 N–H and O–H groups in total. The zero-order valence-electron chi connectivity index (χ0n) is 11.7. The van der Waals surface area contributed by atoms with Gasteiger partial charge in [0, 0.05) is 24.7 Å². The molecule has 0 unspecified atom stereocenters.